The van der Waals surface area contributed by atoms with Gasteiger partial charge < -0.3 is 24.1 Å². The lowest BCUT2D eigenvalue weighted by Crippen LogP contribution is -2.27. The molecule has 2 amide bonds. The number of hydrogen-bond acceptors (Lipinski definition) is 6. The number of hydrogen-bond donors (Lipinski definition) is 1. The highest BCUT2D eigenvalue weighted by molar-refractivity contribution is 8.00. The van der Waals surface area contributed by atoms with Crippen molar-refractivity contribution in [1.82, 2.24) is 4.90 Å². The summed E-state index contributed by atoms with van der Waals surface area (Å²) in [6, 6.07) is 16.2. The van der Waals surface area contributed by atoms with Crippen molar-refractivity contribution >= 4 is 29.3 Å². The van der Waals surface area contributed by atoms with Crippen LogP contribution in [0.3, 0.4) is 0 Å². The Morgan fingerprint density at radius 1 is 1.13 bits per heavy atom. The summed E-state index contributed by atoms with van der Waals surface area (Å²) in [5, 5.41) is 2.75. The molecular weight excluding hydrogens is 416 g/mol. The van der Waals surface area contributed by atoms with Crippen LogP contribution in [0, 0.1) is 0 Å². The number of amides is 2. The molecule has 0 aliphatic carbocycles. The van der Waals surface area contributed by atoms with Gasteiger partial charge in [-0.1, -0.05) is 12.1 Å². The molecule has 2 heterocycles. The zero-order valence-electron chi connectivity index (χ0n) is 17.2. The van der Waals surface area contributed by atoms with E-state index in [0.29, 0.717) is 35.0 Å². The summed E-state index contributed by atoms with van der Waals surface area (Å²) in [5.41, 5.74) is 2.09. The van der Waals surface area contributed by atoms with Gasteiger partial charge in [0.05, 0.1) is 32.8 Å². The molecular formula is C23H22N2O5S. The molecule has 0 radical (unpaired) electrons. The van der Waals surface area contributed by atoms with Crippen LogP contribution in [-0.4, -0.2) is 36.7 Å². The van der Waals surface area contributed by atoms with Crippen LogP contribution in [0.4, 0.5) is 5.69 Å². The summed E-state index contributed by atoms with van der Waals surface area (Å²) >= 11 is 1.57. The van der Waals surface area contributed by atoms with Gasteiger partial charge in [0.1, 0.15) is 11.1 Å². The van der Waals surface area contributed by atoms with Gasteiger partial charge in [-0.15, -0.1) is 11.8 Å². The number of carbonyl (C=O) groups excluding carboxylic acids is 2. The standard InChI is InChI=1S/C23H22N2O5S/c1-28-19-10-9-17(12-20(19)29-2)24-22(27)15-5-7-16(8-6-15)23-25(21(26)14-31-23)13-18-4-3-11-30-18/h3-12,23H,13-14H2,1-2H3,(H,24,27). The van der Waals surface area contributed by atoms with Gasteiger partial charge >= 0.3 is 0 Å². The molecule has 0 spiro atoms. The number of ether oxygens (including phenoxy) is 2. The van der Waals surface area contributed by atoms with Crippen molar-refractivity contribution in [1.29, 1.82) is 0 Å². The van der Waals surface area contributed by atoms with Crippen LogP contribution in [-0.2, 0) is 11.3 Å². The van der Waals surface area contributed by atoms with Crippen molar-refractivity contribution in [2.75, 3.05) is 25.3 Å². The first-order valence-electron chi connectivity index (χ1n) is 9.66. The highest BCUT2D eigenvalue weighted by Gasteiger charge is 2.33. The van der Waals surface area contributed by atoms with E-state index < -0.39 is 0 Å². The summed E-state index contributed by atoms with van der Waals surface area (Å²) in [4.78, 5) is 26.8. The molecule has 1 aliphatic rings. The highest BCUT2D eigenvalue weighted by atomic mass is 32.2. The smallest absolute Gasteiger partial charge is 0.255 e. The van der Waals surface area contributed by atoms with E-state index in [9.17, 15) is 9.59 Å². The van der Waals surface area contributed by atoms with Crippen molar-refractivity contribution in [3.05, 3.63) is 77.7 Å². The molecule has 0 saturated carbocycles. The molecule has 3 aromatic rings. The van der Waals surface area contributed by atoms with E-state index in [2.05, 4.69) is 5.32 Å². The maximum Gasteiger partial charge on any atom is 0.255 e. The van der Waals surface area contributed by atoms with Crippen LogP contribution in [0.25, 0.3) is 0 Å². The molecule has 31 heavy (non-hydrogen) atoms. The van der Waals surface area contributed by atoms with E-state index in [1.54, 1.807) is 67.5 Å². The third-order valence-electron chi connectivity index (χ3n) is 4.97. The SMILES string of the molecule is COc1ccc(NC(=O)c2ccc(C3SCC(=O)N3Cc3ccco3)cc2)cc1OC. The number of nitrogens with one attached hydrogen (secondary N) is 1. The molecule has 8 heteroatoms. The first-order valence-corrected chi connectivity index (χ1v) is 10.7. The Kier molecular flexibility index (Phi) is 6.18. The second-order valence-corrected chi connectivity index (χ2v) is 7.98. The number of methoxy groups -OCH3 is 2. The fourth-order valence-corrected chi connectivity index (χ4v) is 4.58. The number of anilines is 1. The molecule has 1 N–H and O–H groups in total. The molecule has 1 fully saturated rings. The number of rotatable bonds is 7. The maximum atomic E-state index is 12.7. The average Bonchev–Trinajstić information content (AvgIpc) is 3.44. The third-order valence-corrected chi connectivity index (χ3v) is 6.23. The lowest BCUT2D eigenvalue weighted by Gasteiger charge is -2.23. The third kappa shape index (κ3) is 4.54. The molecule has 2 aromatic carbocycles. The van der Waals surface area contributed by atoms with Gasteiger partial charge in [0.25, 0.3) is 5.91 Å². The number of benzene rings is 2. The van der Waals surface area contributed by atoms with Crippen molar-refractivity contribution in [2.24, 2.45) is 0 Å². The number of furan rings is 1. The van der Waals surface area contributed by atoms with Crippen LogP contribution in [0.2, 0.25) is 0 Å². The maximum absolute atomic E-state index is 12.7. The van der Waals surface area contributed by atoms with Crippen LogP contribution < -0.4 is 14.8 Å². The van der Waals surface area contributed by atoms with Crippen LogP contribution in [0.5, 0.6) is 11.5 Å². The molecule has 160 valence electrons. The molecule has 1 aliphatic heterocycles. The van der Waals surface area contributed by atoms with Gasteiger partial charge in [-0.05, 0) is 42.0 Å². The summed E-state index contributed by atoms with van der Waals surface area (Å²) in [6.45, 7) is 0.422. The van der Waals surface area contributed by atoms with Crippen molar-refractivity contribution in [2.45, 2.75) is 11.9 Å². The number of carbonyl (C=O) groups is 2. The Hall–Kier alpha value is -3.39. The quantitative estimate of drug-likeness (QED) is 0.592. The van der Waals surface area contributed by atoms with Gasteiger partial charge in [0, 0.05) is 17.3 Å². The first kappa shape index (κ1) is 20.9. The van der Waals surface area contributed by atoms with E-state index in [-0.39, 0.29) is 17.2 Å². The van der Waals surface area contributed by atoms with Gasteiger partial charge in [-0.3, -0.25) is 9.59 Å². The lowest BCUT2D eigenvalue weighted by molar-refractivity contribution is -0.128. The van der Waals surface area contributed by atoms with Crippen molar-refractivity contribution < 1.29 is 23.5 Å². The number of nitrogens with zero attached hydrogens (tertiary/aromatic N) is 1. The first-order chi connectivity index (χ1) is 15.1. The molecule has 1 unspecified atom stereocenters. The Morgan fingerprint density at radius 2 is 1.90 bits per heavy atom. The predicted octanol–water partition coefficient (Wildman–Crippen LogP) is 4.32. The van der Waals surface area contributed by atoms with Crippen LogP contribution in [0.15, 0.2) is 65.3 Å². The van der Waals surface area contributed by atoms with Crippen LogP contribution in [0.1, 0.15) is 27.1 Å². The largest absolute Gasteiger partial charge is 0.493 e. The fourth-order valence-electron chi connectivity index (χ4n) is 3.39. The van der Waals surface area contributed by atoms with Crippen molar-refractivity contribution in [3.63, 3.8) is 0 Å². The van der Waals surface area contributed by atoms with E-state index in [0.717, 1.165) is 11.3 Å². The Morgan fingerprint density at radius 3 is 2.58 bits per heavy atom. The molecule has 0 bridgehead atoms. The predicted molar refractivity (Wildman–Crippen MR) is 118 cm³/mol. The van der Waals surface area contributed by atoms with E-state index in [4.69, 9.17) is 13.9 Å². The topological polar surface area (TPSA) is 81.0 Å². The Labute approximate surface area is 184 Å². The van der Waals surface area contributed by atoms with Gasteiger partial charge in [-0.2, -0.15) is 0 Å². The monoisotopic (exact) mass is 438 g/mol. The molecule has 1 atom stereocenters. The molecule has 1 aromatic heterocycles. The lowest BCUT2D eigenvalue weighted by atomic mass is 10.1. The minimum atomic E-state index is -0.235. The van der Waals surface area contributed by atoms with E-state index >= 15 is 0 Å². The zero-order valence-corrected chi connectivity index (χ0v) is 18.0. The number of thioether (sulfide) groups is 1. The molecule has 4 rings (SSSR count). The van der Waals surface area contributed by atoms with Gasteiger partial charge in [0.2, 0.25) is 5.91 Å². The second kappa shape index (κ2) is 9.18. The summed E-state index contributed by atoms with van der Waals surface area (Å²) in [5.74, 6) is 2.13. The summed E-state index contributed by atoms with van der Waals surface area (Å²) in [7, 11) is 3.10. The van der Waals surface area contributed by atoms with E-state index in [1.165, 1.54) is 0 Å². The fraction of sp³-hybridized carbons (Fsp3) is 0.217. The minimum Gasteiger partial charge on any atom is -0.493 e. The highest BCUT2D eigenvalue weighted by Crippen LogP contribution is 2.39. The zero-order chi connectivity index (χ0) is 21.8. The summed E-state index contributed by atoms with van der Waals surface area (Å²) in [6.07, 6.45) is 1.60. The normalized spacial score (nSPS) is 15.7. The Bertz CT molecular complexity index is 1070. The van der Waals surface area contributed by atoms with Gasteiger partial charge in [-0.25, -0.2) is 0 Å². The minimum absolute atomic E-state index is 0.0710. The Balaban J connectivity index is 1.46. The van der Waals surface area contributed by atoms with Gasteiger partial charge in [0.15, 0.2) is 11.5 Å². The average molecular weight is 439 g/mol. The molecule has 7 nitrogen and oxygen atoms in total. The van der Waals surface area contributed by atoms with E-state index in [1.807, 2.05) is 24.3 Å². The van der Waals surface area contributed by atoms with Crippen LogP contribution >= 0.6 is 11.8 Å². The second-order valence-electron chi connectivity index (χ2n) is 6.91. The molecule has 1 saturated heterocycles. The summed E-state index contributed by atoms with van der Waals surface area (Å²) < 4.78 is 15.9. The van der Waals surface area contributed by atoms with Crippen molar-refractivity contribution in [3.8, 4) is 11.5 Å².